The number of phenolic OH excluding ortho intramolecular Hbond substituents is 1. The zero-order chi connectivity index (χ0) is 19.8. The third-order valence-electron chi connectivity index (χ3n) is 4.29. The third-order valence-corrected chi connectivity index (χ3v) is 5.39. The molecule has 0 aliphatic carbocycles. The number of hydrogen-bond acceptors (Lipinski definition) is 6. The number of aromatic hydroxyl groups is 1. The fraction of sp³-hybridized carbons (Fsp3) is 0.143. The molecule has 1 heterocycles. The van der Waals surface area contributed by atoms with E-state index in [0.29, 0.717) is 16.8 Å². The molecule has 1 unspecified atom stereocenters. The molecule has 0 radical (unpaired) electrons. The van der Waals surface area contributed by atoms with E-state index in [0.717, 1.165) is 15.2 Å². The number of hydrogen-bond donors (Lipinski definition) is 1. The molecule has 1 amide bonds. The van der Waals surface area contributed by atoms with Crippen molar-refractivity contribution in [2.75, 3.05) is 4.90 Å². The van der Waals surface area contributed by atoms with E-state index in [-0.39, 0.29) is 5.75 Å². The Morgan fingerprint density at radius 2 is 1.68 bits per heavy atom. The molecule has 6 nitrogen and oxygen atoms in total. The number of carbonyl (C=O) groups is 2. The number of ether oxygens (including phenoxy) is 2. The van der Waals surface area contributed by atoms with Gasteiger partial charge in [0.15, 0.2) is 0 Å². The summed E-state index contributed by atoms with van der Waals surface area (Å²) in [4.78, 5) is 27.3. The molecule has 1 aliphatic rings. The molecule has 1 N–H and O–H groups in total. The summed E-state index contributed by atoms with van der Waals surface area (Å²) in [5.74, 6) is -0.395. The topological polar surface area (TPSA) is 76.1 Å². The standard InChI is InChI=1S/C21H17NO5S/c1-12(23)26-13(2)27-21(25)22-16-9-5-6-10-18(16)28-19-11-17(24)14-7-3-4-8-15(14)20(19)22/h3-11,13,24H,1-2H3. The van der Waals surface area contributed by atoms with Gasteiger partial charge in [-0.3, -0.25) is 4.79 Å². The Kier molecular flexibility index (Phi) is 4.60. The number of amides is 1. The van der Waals surface area contributed by atoms with Gasteiger partial charge in [0.1, 0.15) is 5.75 Å². The number of fused-ring (bicyclic) bond motifs is 4. The zero-order valence-electron chi connectivity index (χ0n) is 15.2. The van der Waals surface area contributed by atoms with Gasteiger partial charge >= 0.3 is 12.1 Å². The molecule has 1 atom stereocenters. The van der Waals surface area contributed by atoms with Crippen LogP contribution in [0.2, 0.25) is 0 Å². The zero-order valence-corrected chi connectivity index (χ0v) is 16.0. The van der Waals surface area contributed by atoms with Crippen LogP contribution in [0.25, 0.3) is 10.8 Å². The van der Waals surface area contributed by atoms with Crippen molar-refractivity contribution >= 4 is 46.0 Å². The Balaban J connectivity index is 1.87. The minimum absolute atomic E-state index is 0.142. The molecule has 142 valence electrons. The lowest BCUT2D eigenvalue weighted by atomic mass is 10.1. The second-order valence-corrected chi connectivity index (χ2v) is 7.34. The van der Waals surface area contributed by atoms with Gasteiger partial charge in [0.25, 0.3) is 0 Å². The predicted octanol–water partition coefficient (Wildman–Crippen LogP) is 5.19. The Hall–Kier alpha value is -3.19. The molecule has 7 heteroatoms. The van der Waals surface area contributed by atoms with E-state index in [2.05, 4.69) is 0 Å². The summed E-state index contributed by atoms with van der Waals surface area (Å²) in [6.07, 6.45) is -1.70. The van der Waals surface area contributed by atoms with E-state index >= 15 is 0 Å². The molecule has 1 aliphatic heterocycles. The molecular formula is C21H17NO5S. The Morgan fingerprint density at radius 3 is 2.43 bits per heavy atom. The lowest BCUT2D eigenvalue weighted by Gasteiger charge is -2.32. The van der Waals surface area contributed by atoms with Crippen LogP contribution < -0.4 is 4.90 Å². The highest BCUT2D eigenvalue weighted by molar-refractivity contribution is 7.99. The van der Waals surface area contributed by atoms with Crippen molar-refractivity contribution in [2.24, 2.45) is 0 Å². The van der Waals surface area contributed by atoms with Crippen LogP contribution in [0.1, 0.15) is 13.8 Å². The average Bonchev–Trinajstić information content (AvgIpc) is 2.65. The van der Waals surface area contributed by atoms with E-state index in [1.54, 1.807) is 12.1 Å². The minimum Gasteiger partial charge on any atom is -0.507 e. The Labute approximate surface area is 165 Å². The monoisotopic (exact) mass is 395 g/mol. The maximum atomic E-state index is 13.1. The van der Waals surface area contributed by atoms with Crippen LogP contribution in [0.15, 0.2) is 64.4 Å². The summed E-state index contributed by atoms with van der Waals surface area (Å²) >= 11 is 1.47. The number of esters is 1. The van der Waals surface area contributed by atoms with Gasteiger partial charge in [-0.2, -0.15) is 0 Å². The van der Waals surface area contributed by atoms with Crippen molar-refractivity contribution in [3.8, 4) is 5.75 Å². The molecule has 0 saturated heterocycles. The number of phenols is 1. The van der Waals surface area contributed by atoms with E-state index < -0.39 is 18.4 Å². The second kappa shape index (κ2) is 7.09. The maximum Gasteiger partial charge on any atom is 0.422 e. The van der Waals surface area contributed by atoms with E-state index in [1.807, 2.05) is 42.5 Å². The van der Waals surface area contributed by atoms with Crippen LogP contribution in [-0.4, -0.2) is 23.5 Å². The van der Waals surface area contributed by atoms with E-state index in [9.17, 15) is 14.7 Å². The largest absolute Gasteiger partial charge is 0.507 e. The van der Waals surface area contributed by atoms with Crippen molar-refractivity contribution < 1.29 is 24.2 Å². The maximum absolute atomic E-state index is 13.1. The van der Waals surface area contributed by atoms with Crippen LogP contribution in [-0.2, 0) is 14.3 Å². The number of rotatable bonds is 2. The minimum atomic E-state index is -1.03. The molecule has 28 heavy (non-hydrogen) atoms. The first-order chi connectivity index (χ1) is 13.5. The number of carbonyl (C=O) groups excluding carboxylic acids is 2. The highest BCUT2D eigenvalue weighted by Gasteiger charge is 2.32. The molecule has 0 fully saturated rings. The van der Waals surface area contributed by atoms with Crippen molar-refractivity contribution in [1.82, 2.24) is 0 Å². The first-order valence-corrected chi connectivity index (χ1v) is 9.47. The van der Waals surface area contributed by atoms with Crippen molar-refractivity contribution in [3.05, 3.63) is 54.6 Å². The number of anilines is 2. The van der Waals surface area contributed by atoms with Gasteiger partial charge < -0.3 is 14.6 Å². The summed E-state index contributed by atoms with van der Waals surface area (Å²) in [5.41, 5.74) is 1.29. The number of benzene rings is 3. The van der Waals surface area contributed by atoms with E-state index in [4.69, 9.17) is 9.47 Å². The van der Waals surface area contributed by atoms with Gasteiger partial charge in [0, 0.05) is 34.4 Å². The highest BCUT2D eigenvalue weighted by atomic mass is 32.2. The third kappa shape index (κ3) is 3.14. The fourth-order valence-electron chi connectivity index (χ4n) is 3.23. The average molecular weight is 395 g/mol. The van der Waals surface area contributed by atoms with Gasteiger partial charge in [0.2, 0.25) is 6.29 Å². The number of nitrogens with zero attached hydrogens (tertiary/aromatic N) is 1. The van der Waals surface area contributed by atoms with Crippen LogP contribution >= 0.6 is 11.8 Å². The quantitative estimate of drug-likeness (QED) is 0.475. The SMILES string of the molecule is CC(=O)OC(C)OC(=O)N1c2ccccc2Sc2cc(O)c3ccccc3c21. The van der Waals surface area contributed by atoms with Crippen LogP contribution in [0.5, 0.6) is 5.75 Å². The molecule has 3 aromatic carbocycles. The smallest absolute Gasteiger partial charge is 0.422 e. The van der Waals surface area contributed by atoms with Gasteiger partial charge in [0.05, 0.1) is 11.4 Å². The van der Waals surface area contributed by atoms with Gasteiger partial charge in [-0.05, 0) is 18.2 Å². The summed E-state index contributed by atoms with van der Waals surface area (Å²) in [6, 6.07) is 16.4. The van der Waals surface area contributed by atoms with Gasteiger partial charge in [-0.15, -0.1) is 0 Å². The molecule has 0 bridgehead atoms. The number of para-hydroxylation sites is 1. The Morgan fingerprint density at radius 1 is 1.00 bits per heavy atom. The van der Waals surface area contributed by atoms with Crippen molar-refractivity contribution in [3.63, 3.8) is 0 Å². The molecule has 4 rings (SSSR count). The first kappa shape index (κ1) is 18.2. The van der Waals surface area contributed by atoms with Crippen LogP contribution in [0.4, 0.5) is 16.2 Å². The molecule has 0 saturated carbocycles. The van der Waals surface area contributed by atoms with Crippen LogP contribution in [0.3, 0.4) is 0 Å². The predicted molar refractivity (Wildman–Crippen MR) is 106 cm³/mol. The Bertz CT molecular complexity index is 1100. The van der Waals surface area contributed by atoms with Crippen LogP contribution in [0, 0.1) is 0 Å². The molecule has 3 aromatic rings. The first-order valence-electron chi connectivity index (χ1n) is 8.65. The molecule has 0 aromatic heterocycles. The van der Waals surface area contributed by atoms with Gasteiger partial charge in [-0.1, -0.05) is 48.2 Å². The lowest BCUT2D eigenvalue weighted by Crippen LogP contribution is -2.33. The molecular weight excluding hydrogens is 378 g/mol. The van der Waals surface area contributed by atoms with Gasteiger partial charge in [-0.25, -0.2) is 9.69 Å². The summed E-state index contributed by atoms with van der Waals surface area (Å²) < 4.78 is 10.3. The summed E-state index contributed by atoms with van der Waals surface area (Å²) in [6.45, 7) is 2.74. The van der Waals surface area contributed by atoms with Crippen molar-refractivity contribution in [1.29, 1.82) is 0 Å². The van der Waals surface area contributed by atoms with Crippen molar-refractivity contribution in [2.45, 2.75) is 29.9 Å². The highest BCUT2D eigenvalue weighted by Crippen LogP contribution is 2.52. The second-order valence-electron chi connectivity index (χ2n) is 6.25. The molecule has 0 spiro atoms. The fourth-order valence-corrected chi connectivity index (χ4v) is 4.35. The summed E-state index contributed by atoms with van der Waals surface area (Å²) in [7, 11) is 0. The normalized spacial score (nSPS) is 13.4. The summed E-state index contributed by atoms with van der Waals surface area (Å²) in [5, 5.41) is 11.8. The van der Waals surface area contributed by atoms with E-state index in [1.165, 1.54) is 30.5 Å². The lowest BCUT2D eigenvalue weighted by molar-refractivity contribution is -0.161.